The van der Waals surface area contributed by atoms with Crippen molar-refractivity contribution in [2.45, 2.75) is 18.9 Å². The van der Waals surface area contributed by atoms with Crippen LogP contribution in [0.2, 0.25) is 0 Å². The number of ether oxygens (including phenoxy) is 2. The van der Waals surface area contributed by atoms with Gasteiger partial charge in [0.2, 0.25) is 11.7 Å². The maximum atomic E-state index is 13.7. The van der Waals surface area contributed by atoms with Crippen molar-refractivity contribution < 1.29 is 18.8 Å². The summed E-state index contributed by atoms with van der Waals surface area (Å²) in [6.07, 6.45) is 4.67. The topological polar surface area (TPSA) is 108 Å². The van der Waals surface area contributed by atoms with Crippen LogP contribution in [0.25, 0.3) is 17.1 Å². The third-order valence-electron chi connectivity index (χ3n) is 5.66. The molecule has 0 bridgehead atoms. The van der Waals surface area contributed by atoms with Crippen molar-refractivity contribution in [3.05, 3.63) is 66.3 Å². The highest BCUT2D eigenvalue weighted by Gasteiger charge is 2.36. The number of likely N-dealkylation sites (tertiary alicyclic amines) is 1. The molecule has 168 valence electrons. The number of aromatic nitrogens is 5. The fourth-order valence-corrected chi connectivity index (χ4v) is 4.06. The maximum absolute atomic E-state index is 13.7. The van der Waals surface area contributed by atoms with Gasteiger partial charge in [0.15, 0.2) is 0 Å². The summed E-state index contributed by atoms with van der Waals surface area (Å²) in [4.78, 5) is 21.5. The van der Waals surface area contributed by atoms with E-state index in [-0.39, 0.29) is 11.9 Å². The molecule has 0 N–H and O–H groups in total. The molecule has 1 atom stereocenters. The van der Waals surface area contributed by atoms with E-state index in [4.69, 9.17) is 14.0 Å². The molecule has 0 spiro atoms. The predicted molar refractivity (Wildman–Crippen MR) is 117 cm³/mol. The second-order valence-corrected chi connectivity index (χ2v) is 7.51. The van der Waals surface area contributed by atoms with Crippen molar-refractivity contribution in [1.82, 2.24) is 30.0 Å². The largest absolute Gasteiger partial charge is 0.497 e. The van der Waals surface area contributed by atoms with E-state index in [1.807, 2.05) is 24.3 Å². The van der Waals surface area contributed by atoms with Gasteiger partial charge in [0.25, 0.3) is 5.91 Å². The molecule has 3 heterocycles. The summed E-state index contributed by atoms with van der Waals surface area (Å²) in [6, 6.07) is 12.4. The lowest BCUT2D eigenvalue weighted by Gasteiger charge is -2.23. The van der Waals surface area contributed by atoms with Gasteiger partial charge in [-0.25, -0.2) is 0 Å². The fraction of sp³-hybridized carbons (Fsp3) is 0.261. The lowest BCUT2D eigenvalue weighted by atomic mass is 10.1. The van der Waals surface area contributed by atoms with Crippen molar-refractivity contribution in [3.8, 4) is 28.6 Å². The molecule has 2 aromatic carbocycles. The lowest BCUT2D eigenvalue weighted by molar-refractivity contribution is 0.0709. The Bertz CT molecular complexity index is 1270. The number of carbonyl (C=O) groups is 1. The molecule has 0 saturated carbocycles. The van der Waals surface area contributed by atoms with Crippen LogP contribution in [-0.4, -0.2) is 56.7 Å². The quantitative estimate of drug-likeness (QED) is 0.444. The minimum Gasteiger partial charge on any atom is -0.497 e. The lowest BCUT2D eigenvalue weighted by Crippen LogP contribution is -2.31. The number of hydrogen-bond acceptors (Lipinski definition) is 8. The maximum Gasteiger partial charge on any atom is 0.256 e. The van der Waals surface area contributed by atoms with Crippen LogP contribution in [0.3, 0.4) is 0 Å². The highest BCUT2D eigenvalue weighted by atomic mass is 16.5. The Kier molecular flexibility index (Phi) is 5.47. The summed E-state index contributed by atoms with van der Waals surface area (Å²) < 4.78 is 16.4. The zero-order chi connectivity index (χ0) is 22.8. The van der Waals surface area contributed by atoms with Crippen LogP contribution in [0.4, 0.5) is 0 Å². The summed E-state index contributed by atoms with van der Waals surface area (Å²) in [5, 5.41) is 12.5. The number of hydrogen-bond donors (Lipinski definition) is 0. The van der Waals surface area contributed by atoms with Gasteiger partial charge in [0.05, 0.1) is 43.4 Å². The SMILES string of the molecule is COc1ccc(-n2nccn2)c(C(=O)N2CCCC2c2nc(-c3ccccc3OC)no2)c1. The molecule has 5 rings (SSSR count). The highest BCUT2D eigenvalue weighted by molar-refractivity contribution is 5.98. The molecule has 0 aliphatic carbocycles. The second-order valence-electron chi connectivity index (χ2n) is 7.51. The van der Waals surface area contributed by atoms with Crippen molar-refractivity contribution in [3.63, 3.8) is 0 Å². The fourth-order valence-electron chi connectivity index (χ4n) is 4.06. The van der Waals surface area contributed by atoms with Gasteiger partial charge in [-0.3, -0.25) is 4.79 Å². The Morgan fingerprint density at radius 2 is 1.91 bits per heavy atom. The van der Waals surface area contributed by atoms with E-state index in [1.165, 1.54) is 4.80 Å². The number of benzene rings is 2. The zero-order valence-corrected chi connectivity index (χ0v) is 18.2. The van der Waals surface area contributed by atoms with Crippen LogP contribution < -0.4 is 9.47 Å². The Hall–Kier alpha value is -4.21. The van der Waals surface area contributed by atoms with E-state index < -0.39 is 0 Å². The molecule has 1 amide bonds. The van der Waals surface area contributed by atoms with Crippen LogP contribution in [0.1, 0.15) is 35.1 Å². The first-order valence-electron chi connectivity index (χ1n) is 10.5. The van der Waals surface area contributed by atoms with Crippen molar-refractivity contribution >= 4 is 5.91 Å². The summed E-state index contributed by atoms with van der Waals surface area (Å²) >= 11 is 0. The third kappa shape index (κ3) is 3.79. The molecule has 10 nitrogen and oxygen atoms in total. The minimum absolute atomic E-state index is 0.180. The summed E-state index contributed by atoms with van der Waals surface area (Å²) in [7, 11) is 3.16. The smallest absolute Gasteiger partial charge is 0.256 e. The predicted octanol–water partition coefficient (Wildman–Crippen LogP) is 3.31. The van der Waals surface area contributed by atoms with E-state index in [0.29, 0.717) is 41.0 Å². The van der Waals surface area contributed by atoms with E-state index in [9.17, 15) is 4.79 Å². The summed E-state index contributed by atoms with van der Waals surface area (Å²) in [5.41, 5.74) is 1.73. The second kappa shape index (κ2) is 8.73. The normalized spacial score (nSPS) is 15.6. The Labute approximate surface area is 189 Å². The molecule has 1 aliphatic heterocycles. The number of amides is 1. The van der Waals surface area contributed by atoms with E-state index in [1.54, 1.807) is 49.7 Å². The number of nitrogens with zero attached hydrogens (tertiary/aromatic N) is 6. The number of carbonyl (C=O) groups excluding carboxylic acids is 1. The molecule has 1 unspecified atom stereocenters. The molecule has 0 radical (unpaired) electrons. The van der Waals surface area contributed by atoms with Crippen LogP contribution in [0, 0.1) is 0 Å². The first-order chi connectivity index (χ1) is 16.2. The zero-order valence-electron chi connectivity index (χ0n) is 18.2. The van der Waals surface area contributed by atoms with Gasteiger partial charge in [-0.15, -0.1) is 0 Å². The van der Waals surface area contributed by atoms with Gasteiger partial charge in [0, 0.05) is 6.54 Å². The van der Waals surface area contributed by atoms with Gasteiger partial charge in [-0.1, -0.05) is 17.3 Å². The third-order valence-corrected chi connectivity index (χ3v) is 5.66. The molecule has 33 heavy (non-hydrogen) atoms. The first kappa shape index (κ1) is 20.7. The van der Waals surface area contributed by atoms with Gasteiger partial charge in [-0.2, -0.15) is 20.0 Å². The van der Waals surface area contributed by atoms with E-state index in [0.717, 1.165) is 18.4 Å². The molecular weight excluding hydrogens is 424 g/mol. The van der Waals surface area contributed by atoms with Crippen LogP contribution >= 0.6 is 0 Å². The Morgan fingerprint density at radius 3 is 2.70 bits per heavy atom. The van der Waals surface area contributed by atoms with Crippen LogP contribution in [0.5, 0.6) is 11.5 Å². The summed E-state index contributed by atoms with van der Waals surface area (Å²) in [5.74, 6) is 1.85. The van der Waals surface area contributed by atoms with Crippen LogP contribution in [-0.2, 0) is 0 Å². The molecular formula is C23H22N6O4. The molecule has 10 heteroatoms. The monoisotopic (exact) mass is 446 g/mol. The molecule has 1 fully saturated rings. The number of methoxy groups -OCH3 is 2. The first-order valence-corrected chi connectivity index (χ1v) is 10.5. The number of para-hydroxylation sites is 1. The van der Waals surface area contributed by atoms with Crippen molar-refractivity contribution in [1.29, 1.82) is 0 Å². The number of rotatable bonds is 6. The standard InChI is InChI=1S/C23H22N6O4/c1-31-15-9-10-18(29-24-11-12-25-29)17(14-15)23(30)28-13-5-7-19(28)22-26-21(27-33-22)16-6-3-4-8-20(16)32-2/h3-4,6,8-12,14,19H,5,7,13H2,1-2H3. The molecule has 2 aromatic heterocycles. The molecule has 1 saturated heterocycles. The van der Waals surface area contributed by atoms with Crippen molar-refractivity contribution in [2.24, 2.45) is 0 Å². The highest BCUT2D eigenvalue weighted by Crippen LogP contribution is 2.35. The van der Waals surface area contributed by atoms with Crippen LogP contribution in [0.15, 0.2) is 59.4 Å². The van der Waals surface area contributed by atoms with Crippen molar-refractivity contribution in [2.75, 3.05) is 20.8 Å². The average molecular weight is 446 g/mol. The Morgan fingerprint density at radius 1 is 1.09 bits per heavy atom. The Balaban J connectivity index is 1.48. The molecule has 4 aromatic rings. The van der Waals surface area contributed by atoms with Gasteiger partial charge < -0.3 is 18.9 Å². The molecule has 1 aliphatic rings. The minimum atomic E-state index is -0.335. The van der Waals surface area contributed by atoms with Gasteiger partial charge in [0.1, 0.15) is 17.5 Å². The van der Waals surface area contributed by atoms with Gasteiger partial charge >= 0.3 is 0 Å². The summed E-state index contributed by atoms with van der Waals surface area (Å²) in [6.45, 7) is 0.569. The van der Waals surface area contributed by atoms with Gasteiger partial charge in [-0.05, 0) is 43.2 Å². The van der Waals surface area contributed by atoms with E-state index in [2.05, 4.69) is 20.3 Å². The average Bonchev–Trinajstić information content (AvgIpc) is 3.64. The van der Waals surface area contributed by atoms with E-state index >= 15 is 0 Å².